The summed E-state index contributed by atoms with van der Waals surface area (Å²) in [4.78, 5) is 13.5. The summed E-state index contributed by atoms with van der Waals surface area (Å²) in [6.07, 6.45) is 58.4. The van der Waals surface area contributed by atoms with Gasteiger partial charge in [-0.05, 0) is 70.6 Å². The average Bonchev–Trinajstić information content (AvgIpc) is 0.781. The summed E-state index contributed by atoms with van der Waals surface area (Å²) in [6, 6.07) is -0.998. The highest BCUT2D eigenvalue weighted by molar-refractivity contribution is 5.76. The minimum atomic E-state index is -1.98. The fourth-order valence-corrected chi connectivity index (χ4v) is 14.6. The molecule has 0 bridgehead atoms. The summed E-state index contributed by atoms with van der Waals surface area (Å²) in [7, 11) is 0. The number of amides is 1. The third-order valence-electron chi connectivity index (χ3n) is 21.6. The van der Waals surface area contributed by atoms with E-state index in [1.54, 1.807) is 6.08 Å². The number of allylic oxidation sites excluding steroid dienone is 7. The standard InChI is InChI=1S/C86H159NO18/c1-3-5-7-9-11-13-15-17-19-21-23-25-27-29-31-33-34-36-37-39-41-43-45-47-49-51-53-55-57-59-61-63-70(91)69(87-74(92)64-62-60-58-56-54-52-50-48-46-44-42-40-38-35-32-30-28-26-24-22-20-18-16-14-12-10-8-6-4-2)68-100-84-80(98)77(95)82(72(66-89)102-84)105-86-81(99)78(96)83(73(67-90)103-86)104-85-79(97)76(94)75(93)71(65-88)101-85/h22,24,45,47,53,55,61,63,69-73,75-86,88-91,93-99H,3-21,23,25-44,46,48-52,54,56-60,62,64-68H2,1-2H3,(H,87,92)/b24-22-,47-45+,55-53+,63-61+. The molecule has 3 aliphatic rings. The normalized spacial score (nSPS) is 26.0. The third-order valence-corrected chi connectivity index (χ3v) is 21.6. The maximum absolute atomic E-state index is 13.5. The molecule has 1 amide bonds. The molecule has 0 aromatic rings. The van der Waals surface area contributed by atoms with Crippen molar-refractivity contribution in [2.45, 2.75) is 465 Å². The zero-order chi connectivity index (χ0) is 76.0. The van der Waals surface area contributed by atoms with Crippen molar-refractivity contribution < 1.29 is 89.4 Å². The summed E-state index contributed by atoms with van der Waals surface area (Å²) in [5, 5.41) is 121. The van der Waals surface area contributed by atoms with Crippen LogP contribution in [-0.4, -0.2) is 193 Å². The molecule has 105 heavy (non-hydrogen) atoms. The van der Waals surface area contributed by atoms with Gasteiger partial charge in [0.15, 0.2) is 18.9 Å². The van der Waals surface area contributed by atoms with Gasteiger partial charge in [0.05, 0.1) is 38.6 Å². The molecule has 19 heteroatoms. The molecule has 17 unspecified atom stereocenters. The molecule has 0 saturated carbocycles. The minimum absolute atomic E-state index is 0.234. The van der Waals surface area contributed by atoms with Crippen LogP contribution in [0.2, 0.25) is 0 Å². The van der Waals surface area contributed by atoms with E-state index in [0.717, 1.165) is 44.9 Å². The molecule has 0 aromatic heterocycles. The Labute approximate surface area is 637 Å². The predicted octanol–water partition coefficient (Wildman–Crippen LogP) is 15.6. The van der Waals surface area contributed by atoms with E-state index in [2.05, 4.69) is 55.6 Å². The molecule has 0 spiro atoms. The van der Waals surface area contributed by atoms with E-state index in [4.69, 9.17) is 28.4 Å². The van der Waals surface area contributed by atoms with Crippen LogP contribution in [0.25, 0.3) is 0 Å². The van der Waals surface area contributed by atoms with E-state index in [1.807, 2.05) is 6.08 Å². The van der Waals surface area contributed by atoms with Crippen LogP contribution in [0.4, 0.5) is 0 Å². The topological polar surface area (TPSA) is 307 Å². The van der Waals surface area contributed by atoms with E-state index in [1.165, 1.54) is 283 Å². The van der Waals surface area contributed by atoms with Gasteiger partial charge in [0.2, 0.25) is 5.91 Å². The Morgan fingerprint density at radius 1 is 0.333 bits per heavy atom. The quantitative estimate of drug-likeness (QED) is 0.0199. The number of nitrogens with one attached hydrogen (secondary N) is 1. The number of ether oxygens (including phenoxy) is 6. The Morgan fingerprint density at radius 2 is 0.610 bits per heavy atom. The van der Waals surface area contributed by atoms with Gasteiger partial charge >= 0.3 is 0 Å². The molecule has 0 aromatic carbocycles. The Kier molecular flexibility index (Phi) is 61.3. The molecule has 3 saturated heterocycles. The Hall–Kier alpha value is -2.25. The van der Waals surface area contributed by atoms with Crippen molar-refractivity contribution in [3.63, 3.8) is 0 Å². The molecule has 0 aliphatic carbocycles. The lowest BCUT2D eigenvalue weighted by Gasteiger charge is -2.48. The maximum atomic E-state index is 13.5. The molecule has 3 fully saturated rings. The number of aliphatic hydroxyl groups excluding tert-OH is 11. The lowest BCUT2D eigenvalue weighted by atomic mass is 9.96. The number of carbonyl (C=O) groups is 1. The van der Waals surface area contributed by atoms with Crippen LogP contribution in [0.5, 0.6) is 0 Å². The van der Waals surface area contributed by atoms with Crippen molar-refractivity contribution in [3.05, 3.63) is 48.6 Å². The molecule has 17 atom stereocenters. The fraction of sp³-hybridized carbons (Fsp3) is 0.895. The zero-order valence-corrected chi connectivity index (χ0v) is 66.2. The number of aliphatic hydroxyl groups is 11. The van der Waals surface area contributed by atoms with Gasteiger partial charge in [-0.3, -0.25) is 4.79 Å². The molecule has 3 heterocycles. The highest BCUT2D eigenvalue weighted by Crippen LogP contribution is 2.33. The first-order chi connectivity index (χ1) is 51.3. The van der Waals surface area contributed by atoms with Crippen molar-refractivity contribution in [1.82, 2.24) is 5.32 Å². The van der Waals surface area contributed by atoms with Gasteiger partial charge in [-0.15, -0.1) is 0 Å². The molecule has 12 N–H and O–H groups in total. The van der Waals surface area contributed by atoms with Gasteiger partial charge in [-0.1, -0.05) is 332 Å². The first-order valence-electron chi connectivity index (χ1n) is 43.4. The summed E-state index contributed by atoms with van der Waals surface area (Å²) in [5.41, 5.74) is 0. The summed E-state index contributed by atoms with van der Waals surface area (Å²) >= 11 is 0. The summed E-state index contributed by atoms with van der Waals surface area (Å²) in [6.45, 7) is 1.77. The number of rotatable bonds is 70. The lowest BCUT2D eigenvalue weighted by Crippen LogP contribution is -2.66. The SMILES string of the molecule is CCCCCCCCCC/C=C\CCCCCCCCCCCCCCCCCCCC(=O)NC(COC1OC(CO)C(OC2OC(CO)C(OC3OC(CO)C(O)C(O)C3O)C(O)C2O)C(O)C1O)C(O)/C=C/CC/C=C/CC/C=C/CCCCCCCCCCCCCCCCCCCCCCC. The zero-order valence-electron chi connectivity index (χ0n) is 66.2. The third kappa shape index (κ3) is 45.8. The number of carbonyl (C=O) groups excluding carboxylic acids is 1. The average molecular weight is 1500 g/mol. The van der Waals surface area contributed by atoms with E-state index in [0.29, 0.717) is 12.8 Å². The van der Waals surface area contributed by atoms with Gasteiger partial charge in [0.1, 0.15) is 73.2 Å². The van der Waals surface area contributed by atoms with Crippen molar-refractivity contribution in [3.8, 4) is 0 Å². The second-order valence-corrected chi connectivity index (χ2v) is 31.0. The Balaban J connectivity index is 1.37. The minimum Gasteiger partial charge on any atom is -0.394 e. The van der Waals surface area contributed by atoms with Crippen LogP contribution >= 0.6 is 0 Å². The number of hydrogen-bond acceptors (Lipinski definition) is 18. The van der Waals surface area contributed by atoms with E-state index < -0.39 is 124 Å². The second-order valence-electron chi connectivity index (χ2n) is 31.0. The molecule has 616 valence electrons. The van der Waals surface area contributed by atoms with Gasteiger partial charge in [0.25, 0.3) is 0 Å². The second kappa shape index (κ2) is 66.4. The Bertz CT molecular complexity index is 2080. The van der Waals surface area contributed by atoms with Crippen molar-refractivity contribution in [2.24, 2.45) is 0 Å². The molecule has 3 rings (SSSR count). The van der Waals surface area contributed by atoms with E-state index in [9.17, 15) is 61.0 Å². The van der Waals surface area contributed by atoms with Gasteiger partial charge in [-0.2, -0.15) is 0 Å². The largest absolute Gasteiger partial charge is 0.394 e. The van der Waals surface area contributed by atoms with Crippen molar-refractivity contribution in [1.29, 1.82) is 0 Å². The highest BCUT2D eigenvalue weighted by atomic mass is 16.8. The van der Waals surface area contributed by atoms with Gasteiger partial charge < -0.3 is 89.9 Å². The van der Waals surface area contributed by atoms with Gasteiger partial charge in [-0.25, -0.2) is 0 Å². The van der Waals surface area contributed by atoms with Crippen LogP contribution in [0, 0.1) is 0 Å². The number of hydrogen-bond donors (Lipinski definition) is 12. The van der Waals surface area contributed by atoms with Crippen molar-refractivity contribution >= 4 is 5.91 Å². The van der Waals surface area contributed by atoms with Gasteiger partial charge in [0, 0.05) is 6.42 Å². The molecular weight excluding hydrogens is 1330 g/mol. The monoisotopic (exact) mass is 1490 g/mol. The van der Waals surface area contributed by atoms with Crippen LogP contribution in [0.15, 0.2) is 48.6 Å². The molecule has 0 radical (unpaired) electrons. The smallest absolute Gasteiger partial charge is 0.220 e. The lowest BCUT2D eigenvalue weighted by molar-refractivity contribution is -0.379. The fourth-order valence-electron chi connectivity index (χ4n) is 14.6. The van der Waals surface area contributed by atoms with Crippen molar-refractivity contribution in [2.75, 3.05) is 26.4 Å². The van der Waals surface area contributed by atoms with Crippen LogP contribution in [0.1, 0.15) is 361 Å². The van der Waals surface area contributed by atoms with E-state index >= 15 is 0 Å². The molecule has 3 aliphatic heterocycles. The first kappa shape index (κ1) is 96.9. The molecule has 19 nitrogen and oxygen atoms in total. The Morgan fingerprint density at radius 3 is 0.952 bits per heavy atom. The van der Waals surface area contributed by atoms with Crippen LogP contribution in [0.3, 0.4) is 0 Å². The summed E-state index contributed by atoms with van der Waals surface area (Å²) < 4.78 is 34.5. The van der Waals surface area contributed by atoms with Crippen LogP contribution < -0.4 is 5.32 Å². The number of unbranched alkanes of at least 4 members (excludes halogenated alkanes) is 48. The summed E-state index contributed by atoms with van der Waals surface area (Å²) in [5.74, 6) is -0.284. The van der Waals surface area contributed by atoms with E-state index in [-0.39, 0.29) is 18.9 Å². The highest BCUT2D eigenvalue weighted by Gasteiger charge is 2.54. The maximum Gasteiger partial charge on any atom is 0.220 e. The predicted molar refractivity (Wildman–Crippen MR) is 420 cm³/mol. The first-order valence-corrected chi connectivity index (χ1v) is 43.4. The van der Waals surface area contributed by atoms with Crippen LogP contribution in [-0.2, 0) is 33.2 Å². The molecular formula is C86H159NO18.